The van der Waals surface area contributed by atoms with E-state index in [1.165, 1.54) is 13.0 Å². The Balaban J connectivity index is 3.31. The molecule has 1 rings (SSSR count). The number of pyridine rings is 1. The fourth-order valence-corrected chi connectivity index (χ4v) is 1.63. The molecule has 2 nitrogen and oxygen atoms in total. The van der Waals surface area contributed by atoms with Gasteiger partial charge in [0.15, 0.2) is 0 Å². The molecule has 1 aromatic rings. The molecule has 0 aliphatic rings. The lowest BCUT2D eigenvalue weighted by molar-refractivity contribution is 0.107. The van der Waals surface area contributed by atoms with Crippen LogP contribution in [0.1, 0.15) is 28.2 Å². The van der Waals surface area contributed by atoms with E-state index in [0.29, 0.717) is 0 Å². The molecule has 0 aliphatic heterocycles. The maximum atomic E-state index is 12.3. The highest BCUT2D eigenvalue weighted by molar-refractivity contribution is 9.10. The van der Waals surface area contributed by atoms with E-state index in [9.17, 15) is 13.6 Å². The second-order valence-electron chi connectivity index (χ2n) is 2.56. The van der Waals surface area contributed by atoms with Crippen molar-refractivity contribution in [1.29, 1.82) is 0 Å². The minimum absolute atomic E-state index is 0.0853. The molecule has 0 aliphatic carbocycles. The zero-order valence-corrected chi connectivity index (χ0v) is 9.36. The van der Waals surface area contributed by atoms with E-state index in [2.05, 4.69) is 20.9 Å². The summed E-state index contributed by atoms with van der Waals surface area (Å²) >= 11 is 8.12. The number of alkyl halides is 2. The molecule has 0 amide bonds. The number of rotatable bonds is 2. The normalized spacial score (nSPS) is 10.7. The Morgan fingerprint density at radius 2 is 2.21 bits per heavy atom. The van der Waals surface area contributed by atoms with Gasteiger partial charge in [-0.1, -0.05) is 0 Å². The van der Waals surface area contributed by atoms with Crippen LogP contribution < -0.4 is 0 Å². The summed E-state index contributed by atoms with van der Waals surface area (Å²) in [5.41, 5.74) is -0.0596. The topological polar surface area (TPSA) is 30.0 Å². The predicted molar refractivity (Wildman–Crippen MR) is 51.8 cm³/mol. The van der Waals surface area contributed by atoms with Crippen LogP contribution in [0.4, 0.5) is 8.78 Å². The first kappa shape index (κ1) is 11.5. The molecular weight excluding hydrogens is 279 g/mol. The minimum Gasteiger partial charge on any atom is -0.276 e. The molecule has 76 valence electrons. The average molecular weight is 284 g/mol. The SMILES string of the molecule is Cc1nc(C(F)F)c(Br)cc1C(=O)Cl. The summed E-state index contributed by atoms with van der Waals surface area (Å²) in [5.74, 6) is 0. The summed E-state index contributed by atoms with van der Waals surface area (Å²) in [4.78, 5) is 14.4. The van der Waals surface area contributed by atoms with Gasteiger partial charge in [-0.3, -0.25) is 9.78 Å². The molecule has 0 atom stereocenters. The van der Waals surface area contributed by atoms with Gasteiger partial charge >= 0.3 is 0 Å². The number of carbonyl (C=O) groups is 1. The molecule has 1 aromatic heterocycles. The van der Waals surface area contributed by atoms with Crippen LogP contribution in [0.2, 0.25) is 0 Å². The lowest BCUT2D eigenvalue weighted by atomic mass is 10.2. The number of aryl methyl sites for hydroxylation is 1. The Hall–Kier alpha value is -0.550. The molecule has 0 aromatic carbocycles. The molecule has 0 N–H and O–H groups in total. The highest BCUT2D eigenvalue weighted by atomic mass is 79.9. The van der Waals surface area contributed by atoms with E-state index in [4.69, 9.17) is 11.6 Å². The van der Waals surface area contributed by atoms with Crippen LogP contribution in [0.25, 0.3) is 0 Å². The van der Waals surface area contributed by atoms with Gasteiger partial charge in [-0.2, -0.15) is 0 Å². The van der Waals surface area contributed by atoms with Crippen LogP contribution in [-0.2, 0) is 0 Å². The summed E-state index contributed by atoms with van der Waals surface area (Å²) in [6.07, 6.45) is -2.68. The maximum Gasteiger partial charge on any atom is 0.281 e. The zero-order valence-electron chi connectivity index (χ0n) is 7.02. The van der Waals surface area contributed by atoms with Crippen LogP contribution >= 0.6 is 27.5 Å². The van der Waals surface area contributed by atoms with E-state index < -0.39 is 11.7 Å². The van der Waals surface area contributed by atoms with E-state index in [1.54, 1.807) is 0 Å². The molecule has 14 heavy (non-hydrogen) atoms. The van der Waals surface area contributed by atoms with Gasteiger partial charge in [0, 0.05) is 10.2 Å². The van der Waals surface area contributed by atoms with E-state index >= 15 is 0 Å². The van der Waals surface area contributed by atoms with Crippen molar-refractivity contribution in [3.05, 3.63) is 27.5 Å². The van der Waals surface area contributed by atoms with Gasteiger partial charge in [0.25, 0.3) is 11.7 Å². The molecular formula is C8H5BrClF2NO. The lowest BCUT2D eigenvalue weighted by Gasteiger charge is -2.06. The summed E-state index contributed by atoms with van der Waals surface area (Å²) in [6.45, 7) is 1.45. The van der Waals surface area contributed by atoms with Gasteiger partial charge in [0.1, 0.15) is 5.69 Å². The fraction of sp³-hybridized carbons (Fsp3) is 0.250. The van der Waals surface area contributed by atoms with Crippen LogP contribution in [0.3, 0.4) is 0 Å². The summed E-state index contributed by atoms with van der Waals surface area (Å²) in [5, 5.41) is -0.712. The van der Waals surface area contributed by atoms with Crippen LogP contribution in [0.5, 0.6) is 0 Å². The molecule has 0 unspecified atom stereocenters. The van der Waals surface area contributed by atoms with Crippen molar-refractivity contribution in [2.75, 3.05) is 0 Å². The van der Waals surface area contributed by atoms with Crippen LogP contribution in [-0.4, -0.2) is 10.2 Å². The van der Waals surface area contributed by atoms with Gasteiger partial charge in [0.2, 0.25) is 0 Å². The second kappa shape index (κ2) is 4.31. The minimum atomic E-state index is -2.68. The Bertz CT molecular complexity index is 384. The zero-order chi connectivity index (χ0) is 10.9. The predicted octanol–water partition coefficient (Wildman–Crippen LogP) is 3.47. The molecule has 0 saturated carbocycles. The van der Waals surface area contributed by atoms with Crippen molar-refractivity contribution in [3.63, 3.8) is 0 Å². The van der Waals surface area contributed by atoms with Crippen molar-refractivity contribution < 1.29 is 13.6 Å². The van der Waals surface area contributed by atoms with Crippen LogP contribution in [0.15, 0.2) is 10.5 Å². The monoisotopic (exact) mass is 283 g/mol. The van der Waals surface area contributed by atoms with Crippen molar-refractivity contribution in [3.8, 4) is 0 Å². The first-order chi connectivity index (χ1) is 6.43. The Kier molecular flexibility index (Phi) is 3.55. The number of halogens is 4. The summed E-state index contributed by atoms with van der Waals surface area (Å²) in [6, 6.07) is 1.25. The van der Waals surface area contributed by atoms with E-state index in [1.807, 2.05) is 0 Å². The van der Waals surface area contributed by atoms with Crippen LogP contribution in [0, 0.1) is 6.92 Å². The lowest BCUT2D eigenvalue weighted by Crippen LogP contribution is -2.01. The Labute approximate surface area is 92.4 Å². The third-order valence-electron chi connectivity index (χ3n) is 1.61. The standard InChI is InChI=1S/C8H5BrClF2NO/c1-3-4(7(10)14)2-5(9)6(13-3)8(11)12/h2,8H,1H3. The third kappa shape index (κ3) is 2.27. The van der Waals surface area contributed by atoms with Gasteiger partial charge in [-0.15, -0.1) is 0 Å². The Morgan fingerprint density at radius 1 is 1.64 bits per heavy atom. The van der Waals surface area contributed by atoms with Gasteiger partial charge in [-0.25, -0.2) is 8.78 Å². The summed E-state index contributed by atoms with van der Waals surface area (Å²) < 4.78 is 24.7. The van der Waals surface area contributed by atoms with Crippen molar-refractivity contribution in [2.45, 2.75) is 13.3 Å². The number of hydrogen-bond donors (Lipinski definition) is 0. The molecule has 0 spiro atoms. The third-order valence-corrected chi connectivity index (χ3v) is 2.45. The molecule has 0 radical (unpaired) electrons. The second-order valence-corrected chi connectivity index (χ2v) is 3.76. The number of carbonyl (C=O) groups excluding carboxylic acids is 1. The van der Waals surface area contributed by atoms with Crippen molar-refractivity contribution in [2.24, 2.45) is 0 Å². The van der Waals surface area contributed by atoms with E-state index in [0.717, 1.165) is 0 Å². The molecule has 0 bridgehead atoms. The first-order valence-corrected chi connectivity index (χ1v) is 4.75. The molecule has 0 saturated heterocycles. The average Bonchev–Trinajstić information content (AvgIpc) is 2.07. The van der Waals surface area contributed by atoms with Gasteiger partial charge in [-0.05, 0) is 40.5 Å². The highest BCUT2D eigenvalue weighted by Gasteiger charge is 2.17. The smallest absolute Gasteiger partial charge is 0.276 e. The first-order valence-electron chi connectivity index (χ1n) is 3.58. The number of aromatic nitrogens is 1. The largest absolute Gasteiger partial charge is 0.281 e. The maximum absolute atomic E-state index is 12.3. The molecule has 1 heterocycles. The fourth-order valence-electron chi connectivity index (χ4n) is 0.951. The number of hydrogen-bond acceptors (Lipinski definition) is 2. The van der Waals surface area contributed by atoms with Gasteiger partial charge in [0.05, 0.1) is 5.56 Å². The van der Waals surface area contributed by atoms with Crippen molar-refractivity contribution >= 4 is 32.8 Å². The van der Waals surface area contributed by atoms with E-state index in [-0.39, 0.29) is 21.4 Å². The molecule has 6 heteroatoms. The quantitative estimate of drug-likeness (QED) is 0.778. The Morgan fingerprint density at radius 3 is 2.64 bits per heavy atom. The number of nitrogens with zero attached hydrogens (tertiary/aromatic N) is 1. The van der Waals surface area contributed by atoms with Gasteiger partial charge < -0.3 is 0 Å². The highest BCUT2D eigenvalue weighted by Crippen LogP contribution is 2.27. The molecule has 0 fully saturated rings. The van der Waals surface area contributed by atoms with Crippen molar-refractivity contribution in [1.82, 2.24) is 4.98 Å². The summed E-state index contributed by atoms with van der Waals surface area (Å²) in [7, 11) is 0.